The average molecular weight is 332 g/mol. The van der Waals surface area contributed by atoms with Gasteiger partial charge in [-0.2, -0.15) is 0 Å². The van der Waals surface area contributed by atoms with E-state index in [1.54, 1.807) is 6.07 Å². The zero-order chi connectivity index (χ0) is 15.9. The molecule has 0 amide bonds. The molecule has 4 N–H and O–H groups in total. The lowest BCUT2D eigenvalue weighted by atomic mass is 10.1. The van der Waals surface area contributed by atoms with E-state index in [-0.39, 0.29) is 12.3 Å². The second-order valence-corrected chi connectivity index (χ2v) is 8.47. The zero-order valence-electron chi connectivity index (χ0n) is 12.5. The highest BCUT2D eigenvalue weighted by atomic mass is 32.2. The van der Waals surface area contributed by atoms with Gasteiger partial charge < -0.3 is 10.8 Å². The van der Waals surface area contributed by atoms with Gasteiger partial charge in [0.1, 0.15) is 0 Å². The van der Waals surface area contributed by atoms with Gasteiger partial charge in [0, 0.05) is 22.9 Å². The first kappa shape index (κ1) is 18.3. The Morgan fingerprint density at radius 2 is 2.10 bits per heavy atom. The first-order valence-corrected chi connectivity index (χ1v) is 9.56. The Labute approximate surface area is 131 Å². The van der Waals surface area contributed by atoms with Crippen LogP contribution in [0.1, 0.15) is 20.3 Å². The van der Waals surface area contributed by atoms with Crippen LogP contribution in [0.3, 0.4) is 0 Å². The third-order valence-electron chi connectivity index (χ3n) is 2.76. The van der Waals surface area contributed by atoms with Crippen molar-refractivity contribution in [2.75, 3.05) is 23.8 Å². The standard InChI is InChI=1S/C14H24N2O3S2/c1-11(2)8-13(17)10-16-21(18,19)7-6-20-14-5-3-4-12(15)9-14/h3-5,9,11,13,16-17H,6-8,10,15H2,1-2H3. The molecule has 1 rings (SSSR count). The van der Waals surface area contributed by atoms with Gasteiger partial charge in [-0.15, -0.1) is 11.8 Å². The molecule has 21 heavy (non-hydrogen) atoms. The number of nitrogens with two attached hydrogens (primary N) is 1. The fourth-order valence-corrected chi connectivity index (χ4v) is 4.23. The summed E-state index contributed by atoms with van der Waals surface area (Å²) < 4.78 is 26.1. The molecular weight excluding hydrogens is 308 g/mol. The minimum atomic E-state index is -3.35. The second-order valence-electron chi connectivity index (χ2n) is 5.37. The van der Waals surface area contributed by atoms with Crippen LogP contribution >= 0.6 is 11.8 Å². The van der Waals surface area contributed by atoms with Gasteiger partial charge in [0.05, 0.1) is 11.9 Å². The SMILES string of the molecule is CC(C)CC(O)CNS(=O)(=O)CCSc1cccc(N)c1. The lowest BCUT2D eigenvalue weighted by Gasteiger charge is -2.14. The van der Waals surface area contributed by atoms with Crippen LogP contribution in [0.2, 0.25) is 0 Å². The highest BCUT2D eigenvalue weighted by Gasteiger charge is 2.14. The van der Waals surface area contributed by atoms with Gasteiger partial charge in [-0.1, -0.05) is 19.9 Å². The van der Waals surface area contributed by atoms with E-state index in [4.69, 9.17) is 5.73 Å². The summed E-state index contributed by atoms with van der Waals surface area (Å²) in [4.78, 5) is 0.949. The first-order valence-electron chi connectivity index (χ1n) is 6.92. The number of sulfonamides is 1. The predicted octanol–water partition coefficient (Wildman–Crippen LogP) is 1.69. The van der Waals surface area contributed by atoms with E-state index in [1.807, 2.05) is 32.0 Å². The fourth-order valence-electron chi connectivity index (χ4n) is 1.80. The van der Waals surface area contributed by atoms with Crippen molar-refractivity contribution in [3.05, 3.63) is 24.3 Å². The maximum absolute atomic E-state index is 11.8. The number of hydrogen-bond donors (Lipinski definition) is 3. The lowest BCUT2D eigenvalue weighted by molar-refractivity contribution is 0.152. The number of anilines is 1. The molecule has 0 aliphatic carbocycles. The van der Waals surface area contributed by atoms with E-state index in [0.717, 1.165) is 4.90 Å². The zero-order valence-corrected chi connectivity index (χ0v) is 14.1. The van der Waals surface area contributed by atoms with Crippen molar-refractivity contribution in [2.24, 2.45) is 5.92 Å². The van der Waals surface area contributed by atoms with Crippen LogP contribution in [0.25, 0.3) is 0 Å². The van der Waals surface area contributed by atoms with Crippen molar-refractivity contribution in [2.45, 2.75) is 31.3 Å². The van der Waals surface area contributed by atoms with E-state index in [2.05, 4.69) is 4.72 Å². The smallest absolute Gasteiger partial charge is 0.212 e. The Balaban J connectivity index is 2.33. The second kappa shape index (κ2) is 8.63. The normalized spacial score (nSPS) is 13.5. The molecule has 0 aliphatic rings. The fraction of sp³-hybridized carbons (Fsp3) is 0.571. The van der Waals surface area contributed by atoms with Gasteiger partial charge in [0.25, 0.3) is 0 Å². The van der Waals surface area contributed by atoms with E-state index >= 15 is 0 Å². The van der Waals surface area contributed by atoms with Gasteiger partial charge in [-0.05, 0) is 30.5 Å². The number of aliphatic hydroxyl groups is 1. The lowest BCUT2D eigenvalue weighted by Crippen LogP contribution is -2.34. The number of nitrogens with one attached hydrogen (secondary N) is 1. The summed E-state index contributed by atoms with van der Waals surface area (Å²) in [7, 11) is -3.35. The molecule has 1 aromatic carbocycles. The van der Waals surface area contributed by atoms with Crippen molar-refractivity contribution in [1.29, 1.82) is 0 Å². The number of benzene rings is 1. The molecule has 1 aromatic rings. The molecule has 0 heterocycles. The summed E-state index contributed by atoms with van der Waals surface area (Å²) in [5.41, 5.74) is 6.33. The van der Waals surface area contributed by atoms with Crippen molar-refractivity contribution in [3.63, 3.8) is 0 Å². The van der Waals surface area contributed by atoms with E-state index in [9.17, 15) is 13.5 Å². The van der Waals surface area contributed by atoms with E-state index < -0.39 is 16.1 Å². The number of nitrogen functional groups attached to an aromatic ring is 1. The Bertz CT molecular complexity index is 533. The molecule has 0 aliphatic heterocycles. The van der Waals surface area contributed by atoms with Crippen LogP contribution in [0.4, 0.5) is 5.69 Å². The molecule has 0 radical (unpaired) electrons. The Kier molecular flexibility index (Phi) is 7.51. The monoisotopic (exact) mass is 332 g/mol. The largest absolute Gasteiger partial charge is 0.399 e. The van der Waals surface area contributed by atoms with Crippen LogP contribution in [0, 0.1) is 5.92 Å². The van der Waals surface area contributed by atoms with Crippen molar-refractivity contribution < 1.29 is 13.5 Å². The highest BCUT2D eigenvalue weighted by molar-refractivity contribution is 8.00. The van der Waals surface area contributed by atoms with Gasteiger partial charge >= 0.3 is 0 Å². The third kappa shape index (κ3) is 8.31. The van der Waals surface area contributed by atoms with Gasteiger partial charge in [-0.3, -0.25) is 0 Å². The number of thioether (sulfide) groups is 1. The van der Waals surface area contributed by atoms with Crippen LogP contribution in [-0.2, 0) is 10.0 Å². The van der Waals surface area contributed by atoms with Crippen molar-refractivity contribution in [3.8, 4) is 0 Å². The first-order chi connectivity index (χ1) is 9.78. The molecule has 0 saturated heterocycles. The van der Waals surface area contributed by atoms with E-state index in [1.165, 1.54) is 11.8 Å². The van der Waals surface area contributed by atoms with Crippen molar-refractivity contribution >= 4 is 27.5 Å². The molecule has 5 nitrogen and oxygen atoms in total. The molecule has 1 unspecified atom stereocenters. The summed E-state index contributed by atoms with van der Waals surface area (Å²) in [6, 6.07) is 7.34. The molecule has 0 spiro atoms. The minimum Gasteiger partial charge on any atom is -0.399 e. The third-order valence-corrected chi connectivity index (χ3v) is 5.36. The summed E-state index contributed by atoms with van der Waals surface area (Å²) in [6.45, 7) is 4.04. The molecule has 0 bridgehead atoms. The molecular formula is C14H24N2O3S2. The van der Waals surface area contributed by atoms with Crippen LogP contribution < -0.4 is 10.5 Å². The van der Waals surface area contributed by atoms with Crippen LogP contribution in [0.15, 0.2) is 29.2 Å². The quantitative estimate of drug-likeness (QED) is 0.473. The average Bonchev–Trinajstić information content (AvgIpc) is 2.36. The molecule has 120 valence electrons. The van der Waals surface area contributed by atoms with Crippen LogP contribution in [0.5, 0.6) is 0 Å². The number of hydrogen-bond acceptors (Lipinski definition) is 5. The van der Waals surface area contributed by atoms with Crippen LogP contribution in [-0.4, -0.2) is 37.7 Å². The molecule has 0 fully saturated rings. The van der Waals surface area contributed by atoms with Gasteiger partial charge in [0.2, 0.25) is 10.0 Å². The summed E-state index contributed by atoms with van der Waals surface area (Å²) in [6.07, 6.45) is -0.0537. The summed E-state index contributed by atoms with van der Waals surface area (Å²) >= 11 is 1.44. The highest BCUT2D eigenvalue weighted by Crippen LogP contribution is 2.20. The Hall–Kier alpha value is -0.760. The number of aliphatic hydroxyl groups excluding tert-OH is 1. The topological polar surface area (TPSA) is 92.4 Å². The minimum absolute atomic E-state index is 0.0147. The maximum atomic E-state index is 11.8. The van der Waals surface area contributed by atoms with E-state index in [0.29, 0.717) is 23.8 Å². The molecule has 7 heteroatoms. The predicted molar refractivity (Wildman–Crippen MR) is 88.8 cm³/mol. The Morgan fingerprint density at radius 1 is 1.38 bits per heavy atom. The van der Waals surface area contributed by atoms with Gasteiger partial charge in [0.15, 0.2) is 0 Å². The summed E-state index contributed by atoms with van der Waals surface area (Å²) in [5, 5.41) is 9.67. The van der Waals surface area contributed by atoms with Crippen molar-refractivity contribution in [1.82, 2.24) is 4.72 Å². The Morgan fingerprint density at radius 3 is 2.71 bits per heavy atom. The maximum Gasteiger partial charge on any atom is 0.212 e. The molecule has 0 aromatic heterocycles. The van der Waals surface area contributed by atoms with Gasteiger partial charge in [-0.25, -0.2) is 13.1 Å². The number of rotatable bonds is 9. The summed E-state index contributed by atoms with van der Waals surface area (Å²) in [5.74, 6) is 0.795. The molecule has 1 atom stereocenters. The molecule has 0 saturated carbocycles.